The third-order valence-electron chi connectivity index (χ3n) is 1.41. The number of carbonyl (C=O) groups excluding carboxylic acids is 1. The van der Waals surface area contributed by atoms with E-state index in [0.717, 1.165) is 0 Å². The molecule has 1 aromatic carbocycles. The van der Waals surface area contributed by atoms with Gasteiger partial charge in [-0.3, -0.25) is 4.79 Å². The van der Waals surface area contributed by atoms with Crippen LogP contribution in [-0.4, -0.2) is 11.4 Å². The molecule has 0 amide bonds. The number of aliphatic hydroxyl groups excluding tert-OH is 1. The van der Waals surface area contributed by atoms with Gasteiger partial charge in [0.05, 0.1) is 11.6 Å². The van der Waals surface area contributed by atoms with Crippen LogP contribution >= 0.6 is 11.6 Å². The van der Waals surface area contributed by atoms with E-state index in [4.69, 9.17) is 16.7 Å². The molecule has 0 unspecified atom stereocenters. The summed E-state index contributed by atoms with van der Waals surface area (Å²) in [7, 11) is 0. The Morgan fingerprint density at radius 3 is 2.82 bits per heavy atom. The number of halogens is 1. The van der Waals surface area contributed by atoms with Crippen molar-refractivity contribution in [2.45, 2.75) is 6.61 Å². The molecule has 0 aliphatic rings. The maximum absolute atomic E-state index is 10.3. The summed E-state index contributed by atoms with van der Waals surface area (Å²) in [5, 5.41) is 9.08. The molecule has 0 bridgehead atoms. The number of carbonyl (C=O) groups is 1. The Morgan fingerprint density at radius 2 is 2.27 bits per heavy atom. The van der Waals surface area contributed by atoms with Gasteiger partial charge in [0.2, 0.25) is 0 Å². The smallest absolute Gasteiger partial charge is 0.151 e. The van der Waals surface area contributed by atoms with E-state index in [9.17, 15) is 4.79 Å². The predicted octanol–water partition coefficient (Wildman–Crippen LogP) is 1.64. The molecule has 11 heavy (non-hydrogen) atoms. The number of rotatable bonds is 2. The van der Waals surface area contributed by atoms with Gasteiger partial charge < -0.3 is 5.11 Å². The minimum absolute atomic E-state index is 0.138. The standard InChI is InChI=1S/C8H7ClO2/c9-8-6(4-10)2-1-3-7(8)5-11/h1-4,11H,5H2. The van der Waals surface area contributed by atoms with Crippen molar-refractivity contribution in [3.8, 4) is 0 Å². The van der Waals surface area contributed by atoms with Crippen molar-refractivity contribution < 1.29 is 9.90 Å². The number of hydrogen-bond donors (Lipinski definition) is 1. The first-order valence-corrected chi connectivity index (χ1v) is 3.51. The highest BCUT2D eigenvalue weighted by atomic mass is 35.5. The summed E-state index contributed by atoms with van der Waals surface area (Å²) in [6, 6.07) is 4.96. The molecule has 3 heteroatoms. The Hall–Kier alpha value is -0.860. The third kappa shape index (κ3) is 1.59. The maximum atomic E-state index is 10.3. The van der Waals surface area contributed by atoms with Crippen molar-refractivity contribution in [1.82, 2.24) is 0 Å². The van der Waals surface area contributed by atoms with Crippen molar-refractivity contribution >= 4 is 17.9 Å². The van der Waals surface area contributed by atoms with Crippen LogP contribution in [-0.2, 0) is 6.61 Å². The molecule has 1 N–H and O–H groups in total. The topological polar surface area (TPSA) is 37.3 Å². The van der Waals surface area contributed by atoms with Crippen LogP contribution in [0.4, 0.5) is 0 Å². The Kier molecular flexibility index (Phi) is 2.63. The zero-order valence-corrected chi connectivity index (χ0v) is 6.51. The van der Waals surface area contributed by atoms with Crippen molar-refractivity contribution in [1.29, 1.82) is 0 Å². The van der Waals surface area contributed by atoms with E-state index in [-0.39, 0.29) is 6.61 Å². The molecule has 1 rings (SSSR count). The van der Waals surface area contributed by atoms with Gasteiger partial charge in [0, 0.05) is 5.56 Å². The second kappa shape index (κ2) is 3.51. The van der Waals surface area contributed by atoms with Gasteiger partial charge in [0.25, 0.3) is 0 Å². The van der Waals surface area contributed by atoms with Gasteiger partial charge >= 0.3 is 0 Å². The summed E-state index contributed by atoms with van der Waals surface area (Å²) >= 11 is 5.72. The van der Waals surface area contributed by atoms with Crippen LogP contribution in [0.15, 0.2) is 18.2 Å². The predicted molar refractivity (Wildman–Crippen MR) is 42.8 cm³/mol. The van der Waals surface area contributed by atoms with Gasteiger partial charge in [-0.2, -0.15) is 0 Å². The summed E-state index contributed by atoms with van der Waals surface area (Å²) in [6.45, 7) is -0.138. The van der Waals surface area contributed by atoms with Crippen molar-refractivity contribution in [2.24, 2.45) is 0 Å². The fourth-order valence-electron chi connectivity index (χ4n) is 0.813. The fourth-order valence-corrected chi connectivity index (χ4v) is 1.04. The first-order chi connectivity index (χ1) is 5.29. The molecular weight excluding hydrogens is 164 g/mol. The van der Waals surface area contributed by atoms with E-state index < -0.39 is 0 Å². The molecule has 0 spiro atoms. The highest BCUT2D eigenvalue weighted by molar-refractivity contribution is 6.33. The molecule has 0 heterocycles. The highest BCUT2D eigenvalue weighted by Gasteiger charge is 2.02. The Labute approximate surface area is 69.4 Å². The number of benzene rings is 1. The fraction of sp³-hybridized carbons (Fsp3) is 0.125. The monoisotopic (exact) mass is 170 g/mol. The van der Waals surface area contributed by atoms with Gasteiger partial charge in [-0.05, 0) is 5.56 Å². The largest absolute Gasteiger partial charge is 0.392 e. The SMILES string of the molecule is O=Cc1cccc(CO)c1Cl. The molecule has 0 aliphatic carbocycles. The highest BCUT2D eigenvalue weighted by Crippen LogP contribution is 2.19. The summed E-state index contributed by atoms with van der Waals surface area (Å²) in [5.41, 5.74) is 0.995. The van der Waals surface area contributed by atoms with Gasteiger partial charge in [0.1, 0.15) is 0 Å². The Morgan fingerprint density at radius 1 is 1.55 bits per heavy atom. The summed E-state index contributed by atoms with van der Waals surface area (Å²) in [6.07, 6.45) is 0.668. The first-order valence-electron chi connectivity index (χ1n) is 3.13. The third-order valence-corrected chi connectivity index (χ3v) is 1.87. The van der Waals surface area contributed by atoms with Crippen LogP contribution in [0.3, 0.4) is 0 Å². The molecular formula is C8H7ClO2. The van der Waals surface area contributed by atoms with Crippen LogP contribution < -0.4 is 0 Å². The summed E-state index contributed by atoms with van der Waals surface area (Å²) in [4.78, 5) is 10.3. The van der Waals surface area contributed by atoms with Crippen LogP contribution in [0.2, 0.25) is 5.02 Å². The zero-order valence-electron chi connectivity index (χ0n) is 5.75. The number of aliphatic hydroxyl groups is 1. The van der Waals surface area contributed by atoms with Crippen LogP contribution in [0.25, 0.3) is 0 Å². The lowest BCUT2D eigenvalue weighted by Gasteiger charge is -2.00. The second-order valence-electron chi connectivity index (χ2n) is 2.10. The minimum Gasteiger partial charge on any atom is -0.392 e. The average Bonchev–Trinajstić information content (AvgIpc) is 2.05. The van der Waals surface area contributed by atoms with E-state index in [0.29, 0.717) is 22.4 Å². The Bertz CT molecular complexity index is 271. The van der Waals surface area contributed by atoms with Gasteiger partial charge in [0.15, 0.2) is 6.29 Å². The van der Waals surface area contributed by atoms with E-state index >= 15 is 0 Å². The molecule has 1 aromatic rings. The molecule has 0 saturated carbocycles. The lowest BCUT2D eigenvalue weighted by atomic mass is 10.1. The van der Waals surface area contributed by atoms with E-state index in [1.807, 2.05) is 0 Å². The second-order valence-corrected chi connectivity index (χ2v) is 2.47. The molecule has 0 aliphatic heterocycles. The van der Waals surface area contributed by atoms with Crippen molar-refractivity contribution in [3.63, 3.8) is 0 Å². The molecule has 2 nitrogen and oxygen atoms in total. The molecule has 0 atom stereocenters. The summed E-state index contributed by atoms with van der Waals surface area (Å²) in [5.74, 6) is 0. The number of hydrogen-bond acceptors (Lipinski definition) is 2. The van der Waals surface area contributed by atoms with Crippen LogP contribution in [0.5, 0.6) is 0 Å². The van der Waals surface area contributed by atoms with E-state index in [2.05, 4.69) is 0 Å². The molecule has 0 saturated heterocycles. The lowest BCUT2D eigenvalue weighted by molar-refractivity contribution is 0.112. The van der Waals surface area contributed by atoms with Crippen molar-refractivity contribution in [3.05, 3.63) is 34.3 Å². The van der Waals surface area contributed by atoms with Crippen LogP contribution in [0, 0.1) is 0 Å². The quantitative estimate of drug-likeness (QED) is 0.686. The van der Waals surface area contributed by atoms with E-state index in [1.54, 1.807) is 18.2 Å². The van der Waals surface area contributed by atoms with Crippen LogP contribution in [0.1, 0.15) is 15.9 Å². The maximum Gasteiger partial charge on any atom is 0.151 e. The normalized spacial score (nSPS) is 9.64. The number of aldehydes is 1. The molecule has 0 fully saturated rings. The Balaban J connectivity index is 3.20. The molecule has 0 radical (unpaired) electrons. The molecule has 0 aromatic heterocycles. The average molecular weight is 171 g/mol. The van der Waals surface area contributed by atoms with Crippen molar-refractivity contribution in [2.75, 3.05) is 0 Å². The summed E-state index contributed by atoms with van der Waals surface area (Å²) < 4.78 is 0. The van der Waals surface area contributed by atoms with Gasteiger partial charge in [-0.1, -0.05) is 29.8 Å². The van der Waals surface area contributed by atoms with Gasteiger partial charge in [-0.15, -0.1) is 0 Å². The molecule has 58 valence electrons. The minimum atomic E-state index is -0.138. The zero-order chi connectivity index (χ0) is 8.27. The first kappa shape index (κ1) is 8.24. The van der Waals surface area contributed by atoms with Gasteiger partial charge in [-0.25, -0.2) is 0 Å². The lowest BCUT2D eigenvalue weighted by Crippen LogP contribution is -1.89. The van der Waals surface area contributed by atoms with E-state index in [1.165, 1.54) is 0 Å².